The first-order chi connectivity index (χ1) is 6.72. The number of benzene rings is 1. The van der Waals surface area contributed by atoms with Crippen molar-refractivity contribution >= 4 is 5.91 Å². The summed E-state index contributed by atoms with van der Waals surface area (Å²) >= 11 is 0. The number of hydrogen-bond acceptors (Lipinski definition) is 2. The second-order valence-electron chi connectivity index (χ2n) is 2.74. The average Bonchev–Trinajstić information content (AvgIpc) is 2.15. The van der Waals surface area contributed by atoms with Gasteiger partial charge in [-0.3, -0.25) is 4.79 Å². The predicted octanol–water partition coefficient (Wildman–Crippen LogP) is 1.36. The van der Waals surface area contributed by atoms with Crippen molar-refractivity contribution in [2.24, 2.45) is 0 Å². The molecule has 14 heavy (non-hydrogen) atoms. The number of carbonyl (C=O) groups excluding carboxylic acids is 1. The first-order valence-corrected chi connectivity index (χ1v) is 4.10. The summed E-state index contributed by atoms with van der Waals surface area (Å²) in [7, 11) is 0. The van der Waals surface area contributed by atoms with E-state index >= 15 is 0 Å². The van der Waals surface area contributed by atoms with Crippen LogP contribution in [0.3, 0.4) is 0 Å². The first-order valence-electron chi connectivity index (χ1n) is 4.10. The van der Waals surface area contributed by atoms with E-state index in [0.29, 0.717) is 5.56 Å². The Morgan fingerprint density at radius 1 is 1.57 bits per heavy atom. The van der Waals surface area contributed by atoms with Gasteiger partial charge in [0, 0.05) is 6.54 Å². The molecule has 0 unspecified atom stereocenters. The summed E-state index contributed by atoms with van der Waals surface area (Å²) in [6.45, 7) is 0.248. The summed E-state index contributed by atoms with van der Waals surface area (Å²) in [6.07, 6.45) is -0.171. The average molecular weight is 192 g/mol. The number of nitrogens with zero attached hydrogens (tertiary/aromatic N) is 1. The van der Waals surface area contributed by atoms with Gasteiger partial charge >= 0.3 is 0 Å². The summed E-state index contributed by atoms with van der Waals surface area (Å²) < 4.78 is 12.7. The Balaban J connectivity index is 2.46. The minimum absolute atomic E-state index is 0.171. The zero-order valence-corrected chi connectivity index (χ0v) is 7.46. The van der Waals surface area contributed by atoms with Crippen LogP contribution in [0.2, 0.25) is 0 Å². The van der Waals surface area contributed by atoms with E-state index in [1.54, 1.807) is 18.2 Å². The molecule has 0 aliphatic rings. The lowest BCUT2D eigenvalue weighted by Crippen LogP contribution is -2.21. The van der Waals surface area contributed by atoms with E-state index in [2.05, 4.69) is 5.32 Å². The van der Waals surface area contributed by atoms with E-state index in [4.69, 9.17) is 5.26 Å². The van der Waals surface area contributed by atoms with Gasteiger partial charge in [-0.15, -0.1) is 0 Å². The maximum absolute atomic E-state index is 12.7. The highest BCUT2D eigenvalue weighted by atomic mass is 19.1. The van der Waals surface area contributed by atoms with E-state index in [-0.39, 0.29) is 24.7 Å². The lowest BCUT2D eigenvalue weighted by Gasteiger charge is -2.02. The van der Waals surface area contributed by atoms with E-state index in [1.165, 1.54) is 12.1 Å². The maximum atomic E-state index is 12.7. The molecule has 3 nitrogen and oxygen atoms in total. The number of carbonyl (C=O) groups is 1. The molecule has 0 heterocycles. The summed E-state index contributed by atoms with van der Waals surface area (Å²) in [5, 5.41) is 10.7. The standard InChI is InChI=1S/C10H9FN2O/c11-9-3-1-2-8(6-9)7-13-10(14)4-5-12/h1-3,6H,4,7H2,(H,13,14). The van der Waals surface area contributed by atoms with Crippen molar-refractivity contribution in [3.63, 3.8) is 0 Å². The molecule has 0 saturated heterocycles. The van der Waals surface area contributed by atoms with Crippen LogP contribution in [0.25, 0.3) is 0 Å². The number of hydrogen-bond donors (Lipinski definition) is 1. The third kappa shape index (κ3) is 3.23. The van der Waals surface area contributed by atoms with Gasteiger partial charge in [-0.25, -0.2) is 4.39 Å². The fourth-order valence-electron chi connectivity index (χ4n) is 0.982. The monoisotopic (exact) mass is 192 g/mol. The molecule has 0 aliphatic carbocycles. The maximum Gasteiger partial charge on any atom is 0.234 e. The van der Waals surface area contributed by atoms with Gasteiger partial charge in [0.1, 0.15) is 12.2 Å². The summed E-state index contributed by atoms with van der Waals surface area (Å²) in [5.41, 5.74) is 0.677. The molecule has 0 bridgehead atoms. The van der Waals surface area contributed by atoms with Gasteiger partial charge < -0.3 is 5.32 Å². The molecule has 0 atom stereocenters. The molecule has 1 aromatic carbocycles. The molecular formula is C10H9FN2O. The molecule has 0 spiro atoms. The summed E-state index contributed by atoms with van der Waals surface area (Å²) in [6, 6.07) is 7.68. The third-order valence-electron chi connectivity index (χ3n) is 1.62. The van der Waals surface area contributed by atoms with Crippen molar-refractivity contribution < 1.29 is 9.18 Å². The lowest BCUT2D eigenvalue weighted by molar-refractivity contribution is -0.120. The van der Waals surface area contributed by atoms with Gasteiger partial charge in [0.2, 0.25) is 5.91 Å². The quantitative estimate of drug-likeness (QED) is 0.786. The van der Waals surface area contributed by atoms with Crippen LogP contribution in [-0.4, -0.2) is 5.91 Å². The van der Waals surface area contributed by atoms with Crippen molar-refractivity contribution in [2.45, 2.75) is 13.0 Å². The van der Waals surface area contributed by atoms with Crippen molar-refractivity contribution in [2.75, 3.05) is 0 Å². The molecule has 72 valence electrons. The number of halogens is 1. The molecule has 1 aromatic rings. The molecule has 1 N–H and O–H groups in total. The minimum atomic E-state index is -0.350. The largest absolute Gasteiger partial charge is 0.351 e. The topological polar surface area (TPSA) is 52.9 Å². The Bertz CT molecular complexity index is 371. The fourth-order valence-corrected chi connectivity index (χ4v) is 0.982. The Hall–Kier alpha value is -1.89. The third-order valence-corrected chi connectivity index (χ3v) is 1.62. The van der Waals surface area contributed by atoms with Crippen LogP contribution in [-0.2, 0) is 11.3 Å². The second-order valence-corrected chi connectivity index (χ2v) is 2.74. The molecule has 1 rings (SSSR count). The number of nitriles is 1. The Labute approximate surface area is 81.2 Å². The minimum Gasteiger partial charge on any atom is -0.351 e. The van der Waals surface area contributed by atoms with Crippen molar-refractivity contribution in [1.82, 2.24) is 5.32 Å². The SMILES string of the molecule is N#CCC(=O)NCc1cccc(F)c1. The highest BCUT2D eigenvalue weighted by Gasteiger charge is 2.00. The Morgan fingerprint density at radius 2 is 2.36 bits per heavy atom. The molecule has 0 fully saturated rings. The highest BCUT2D eigenvalue weighted by molar-refractivity contribution is 5.77. The molecule has 0 aromatic heterocycles. The van der Waals surface area contributed by atoms with E-state index in [9.17, 15) is 9.18 Å². The molecule has 1 amide bonds. The molecular weight excluding hydrogens is 183 g/mol. The van der Waals surface area contributed by atoms with Gasteiger partial charge in [0.25, 0.3) is 0 Å². The van der Waals surface area contributed by atoms with Gasteiger partial charge in [-0.1, -0.05) is 12.1 Å². The van der Waals surface area contributed by atoms with Crippen LogP contribution in [0.5, 0.6) is 0 Å². The van der Waals surface area contributed by atoms with Crippen LogP contribution in [0.15, 0.2) is 24.3 Å². The Kier molecular flexibility index (Phi) is 3.62. The smallest absolute Gasteiger partial charge is 0.234 e. The van der Waals surface area contributed by atoms with Gasteiger partial charge in [0.15, 0.2) is 0 Å². The zero-order valence-electron chi connectivity index (χ0n) is 7.46. The van der Waals surface area contributed by atoms with Crippen molar-refractivity contribution in [3.8, 4) is 6.07 Å². The van der Waals surface area contributed by atoms with E-state index in [1.807, 2.05) is 0 Å². The molecule has 0 saturated carbocycles. The van der Waals surface area contributed by atoms with Crippen LogP contribution < -0.4 is 5.32 Å². The van der Waals surface area contributed by atoms with Crippen LogP contribution in [0.1, 0.15) is 12.0 Å². The second kappa shape index (κ2) is 4.97. The molecule has 4 heteroatoms. The number of rotatable bonds is 3. The summed E-state index contributed by atoms with van der Waals surface area (Å²) in [4.78, 5) is 10.9. The molecule has 0 aliphatic heterocycles. The van der Waals surface area contributed by atoms with E-state index < -0.39 is 0 Å². The van der Waals surface area contributed by atoms with Crippen molar-refractivity contribution in [3.05, 3.63) is 35.6 Å². The highest BCUT2D eigenvalue weighted by Crippen LogP contribution is 2.02. The fraction of sp³-hybridized carbons (Fsp3) is 0.200. The zero-order chi connectivity index (χ0) is 10.4. The van der Waals surface area contributed by atoms with Crippen LogP contribution in [0.4, 0.5) is 4.39 Å². The van der Waals surface area contributed by atoms with Crippen LogP contribution >= 0.6 is 0 Å². The Morgan fingerprint density at radius 3 is 3.00 bits per heavy atom. The van der Waals surface area contributed by atoms with Gasteiger partial charge in [-0.05, 0) is 17.7 Å². The molecule has 0 radical (unpaired) electrons. The first kappa shape index (κ1) is 10.2. The van der Waals surface area contributed by atoms with Gasteiger partial charge in [0.05, 0.1) is 6.07 Å². The number of amides is 1. The number of nitrogens with one attached hydrogen (secondary N) is 1. The lowest BCUT2D eigenvalue weighted by atomic mass is 10.2. The normalized spacial score (nSPS) is 9.14. The summed E-state index contributed by atoms with van der Waals surface area (Å²) in [5.74, 6) is -0.686. The predicted molar refractivity (Wildman–Crippen MR) is 48.5 cm³/mol. The van der Waals surface area contributed by atoms with Gasteiger partial charge in [-0.2, -0.15) is 5.26 Å². The van der Waals surface area contributed by atoms with E-state index in [0.717, 1.165) is 0 Å². The van der Waals surface area contributed by atoms with Crippen LogP contribution in [0, 0.1) is 17.1 Å². The van der Waals surface area contributed by atoms with Crippen molar-refractivity contribution in [1.29, 1.82) is 5.26 Å².